The number of nitrogens with zero attached hydrogens (tertiary/aromatic N) is 3. The van der Waals surface area contributed by atoms with E-state index in [2.05, 4.69) is 28.7 Å². The van der Waals surface area contributed by atoms with Gasteiger partial charge >= 0.3 is 5.69 Å². The third-order valence-electron chi connectivity index (χ3n) is 4.61. The quantitative estimate of drug-likeness (QED) is 0.886. The number of hydrogen-bond donors (Lipinski definition) is 1. The maximum Gasteiger partial charge on any atom is 0.345 e. The Labute approximate surface area is 144 Å². The Morgan fingerprint density at radius 2 is 1.96 bits per heavy atom. The summed E-state index contributed by atoms with van der Waals surface area (Å²) in [7, 11) is 0. The SMILES string of the molecule is Cc1nc(=O)[nH]c(C)c1CCC(=O)N1CCCN(CC(C)C)CC1. The molecule has 0 bridgehead atoms. The highest BCUT2D eigenvalue weighted by Gasteiger charge is 2.20. The van der Waals surface area contributed by atoms with E-state index in [1.807, 2.05) is 18.7 Å². The van der Waals surface area contributed by atoms with Crippen molar-refractivity contribution >= 4 is 5.91 Å². The van der Waals surface area contributed by atoms with E-state index < -0.39 is 0 Å². The molecule has 2 rings (SSSR count). The topological polar surface area (TPSA) is 69.3 Å². The van der Waals surface area contributed by atoms with Crippen LogP contribution in [0.4, 0.5) is 0 Å². The van der Waals surface area contributed by atoms with Crippen molar-refractivity contribution in [3.8, 4) is 0 Å². The Bertz CT molecular complexity index is 598. The first-order chi connectivity index (χ1) is 11.4. The minimum atomic E-state index is -0.321. The van der Waals surface area contributed by atoms with E-state index in [9.17, 15) is 9.59 Å². The number of hydrogen-bond acceptors (Lipinski definition) is 4. The predicted molar refractivity (Wildman–Crippen MR) is 95.1 cm³/mol. The number of carbonyl (C=O) groups excluding carboxylic acids is 1. The number of aromatic amines is 1. The molecule has 24 heavy (non-hydrogen) atoms. The minimum Gasteiger partial charge on any atom is -0.341 e. The van der Waals surface area contributed by atoms with Crippen LogP contribution >= 0.6 is 0 Å². The average molecular weight is 334 g/mol. The molecule has 2 heterocycles. The molecular formula is C18H30N4O2. The second-order valence-corrected chi connectivity index (χ2v) is 7.16. The number of H-pyrrole nitrogens is 1. The molecule has 6 nitrogen and oxygen atoms in total. The van der Waals surface area contributed by atoms with Crippen LogP contribution < -0.4 is 5.69 Å². The fourth-order valence-electron chi connectivity index (χ4n) is 3.43. The summed E-state index contributed by atoms with van der Waals surface area (Å²) in [5, 5.41) is 0. The Kier molecular flexibility index (Phi) is 6.54. The molecule has 1 N–H and O–H groups in total. The fraction of sp³-hybridized carbons (Fsp3) is 0.722. The standard InChI is InChI=1S/C18H30N4O2/c1-13(2)12-21-8-5-9-22(11-10-21)17(23)7-6-16-14(3)19-18(24)20-15(16)4/h13H,5-12H2,1-4H3,(H,19,20,24). The molecule has 0 unspecified atom stereocenters. The van der Waals surface area contributed by atoms with Crippen LogP contribution in [0.5, 0.6) is 0 Å². The van der Waals surface area contributed by atoms with E-state index >= 15 is 0 Å². The molecule has 1 fully saturated rings. The molecule has 0 spiro atoms. The van der Waals surface area contributed by atoms with Gasteiger partial charge in [0.2, 0.25) is 5.91 Å². The second-order valence-electron chi connectivity index (χ2n) is 7.16. The van der Waals surface area contributed by atoms with Crippen molar-refractivity contribution in [2.45, 2.75) is 47.0 Å². The van der Waals surface area contributed by atoms with Crippen molar-refractivity contribution in [2.75, 3.05) is 32.7 Å². The number of nitrogens with one attached hydrogen (secondary N) is 1. The van der Waals surface area contributed by atoms with Gasteiger partial charge in [0, 0.05) is 44.0 Å². The maximum atomic E-state index is 12.6. The van der Waals surface area contributed by atoms with Crippen molar-refractivity contribution in [3.05, 3.63) is 27.4 Å². The molecule has 1 amide bonds. The van der Waals surface area contributed by atoms with Crippen LogP contribution in [0.1, 0.15) is 43.6 Å². The van der Waals surface area contributed by atoms with Gasteiger partial charge in [-0.1, -0.05) is 13.8 Å². The molecule has 1 saturated heterocycles. The lowest BCUT2D eigenvalue weighted by Crippen LogP contribution is -2.36. The van der Waals surface area contributed by atoms with Crippen LogP contribution in [0.3, 0.4) is 0 Å². The van der Waals surface area contributed by atoms with Crippen LogP contribution in [0.2, 0.25) is 0 Å². The normalized spacial score (nSPS) is 16.5. The van der Waals surface area contributed by atoms with Crippen LogP contribution in [0, 0.1) is 19.8 Å². The van der Waals surface area contributed by atoms with Crippen LogP contribution in [-0.2, 0) is 11.2 Å². The Balaban J connectivity index is 1.90. The highest BCUT2D eigenvalue weighted by molar-refractivity contribution is 5.76. The smallest absolute Gasteiger partial charge is 0.341 e. The minimum absolute atomic E-state index is 0.200. The van der Waals surface area contributed by atoms with Gasteiger partial charge < -0.3 is 14.8 Å². The van der Waals surface area contributed by atoms with Gasteiger partial charge in [-0.15, -0.1) is 0 Å². The van der Waals surface area contributed by atoms with Crippen molar-refractivity contribution in [1.82, 2.24) is 19.8 Å². The van der Waals surface area contributed by atoms with Gasteiger partial charge in [0.15, 0.2) is 0 Å². The van der Waals surface area contributed by atoms with Crippen molar-refractivity contribution in [3.63, 3.8) is 0 Å². The van der Waals surface area contributed by atoms with Crippen LogP contribution in [0.15, 0.2) is 4.79 Å². The number of aryl methyl sites for hydroxylation is 2. The van der Waals surface area contributed by atoms with E-state index in [1.165, 1.54) is 0 Å². The zero-order valence-electron chi connectivity index (χ0n) is 15.4. The van der Waals surface area contributed by atoms with Crippen molar-refractivity contribution in [1.29, 1.82) is 0 Å². The molecular weight excluding hydrogens is 304 g/mol. The monoisotopic (exact) mass is 334 g/mol. The molecule has 0 saturated carbocycles. The molecule has 134 valence electrons. The van der Waals surface area contributed by atoms with Gasteiger partial charge in [-0.25, -0.2) is 4.79 Å². The highest BCUT2D eigenvalue weighted by Crippen LogP contribution is 2.12. The second kappa shape index (κ2) is 8.42. The first kappa shape index (κ1) is 18.6. The molecule has 1 aromatic heterocycles. The van der Waals surface area contributed by atoms with Gasteiger partial charge in [-0.2, -0.15) is 4.98 Å². The van der Waals surface area contributed by atoms with Gasteiger partial charge in [0.1, 0.15) is 0 Å². The zero-order valence-corrected chi connectivity index (χ0v) is 15.4. The first-order valence-corrected chi connectivity index (χ1v) is 8.93. The average Bonchev–Trinajstić information content (AvgIpc) is 2.71. The van der Waals surface area contributed by atoms with E-state index in [0.717, 1.165) is 56.1 Å². The Morgan fingerprint density at radius 1 is 1.21 bits per heavy atom. The van der Waals surface area contributed by atoms with E-state index in [4.69, 9.17) is 0 Å². The maximum absolute atomic E-state index is 12.6. The summed E-state index contributed by atoms with van der Waals surface area (Å²) < 4.78 is 0. The van der Waals surface area contributed by atoms with Crippen LogP contribution in [-0.4, -0.2) is 58.4 Å². The molecule has 1 aliphatic rings. The van der Waals surface area contributed by atoms with E-state index in [-0.39, 0.29) is 11.6 Å². The van der Waals surface area contributed by atoms with Crippen molar-refractivity contribution < 1.29 is 4.79 Å². The third kappa shape index (κ3) is 5.16. The van der Waals surface area contributed by atoms with Crippen LogP contribution in [0.25, 0.3) is 0 Å². The summed E-state index contributed by atoms with van der Waals surface area (Å²) in [6.07, 6.45) is 2.14. The highest BCUT2D eigenvalue weighted by atomic mass is 16.2. The predicted octanol–water partition coefficient (Wildman–Crippen LogP) is 1.51. The number of rotatable bonds is 5. The summed E-state index contributed by atoms with van der Waals surface area (Å²) in [6, 6.07) is 0. The van der Waals surface area contributed by atoms with Gasteiger partial charge in [0.25, 0.3) is 0 Å². The van der Waals surface area contributed by atoms with Gasteiger partial charge in [-0.3, -0.25) is 4.79 Å². The molecule has 0 radical (unpaired) electrons. The molecule has 0 atom stereocenters. The summed E-state index contributed by atoms with van der Waals surface area (Å²) in [6.45, 7) is 13.0. The molecule has 0 aromatic carbocycles. The van der Waals surface area contributed by atoms with E-state index in [0.29, 0.717) is 18.8 Å². The van der Waals surface area contributed by atoms with Gasteiger partial charge in [-0.05, 0) is 44.7 Å². The molecule has 0 aliphatic carbocycles. The summed E-state index contributed by atoms with van der Waals surface area (Å²) >= 11 is 0. The lowest BCUT2D eigenvalue weighted by atomic mass is 10.1. The number of amides is 1. The Hall–Kier alpha value is -1.69. The zero-order chi connectivity index (χ0) is 17.7. The summed E-state index contributed by atoms with van der Waals surface area (Å²) in [5.74, 6) is 0.859. The number of carbonyl (C=O) groups is 1. The molecule has 1 aliphatic heterocycles. The first-order valence-electron chi connectivity index (χ1n) is 8.93. The van der Waals surface area contributed by atoms with E-state index in [1.54, 1.807) is 0 Å². The lowest BCUT2D eigenvalue weighted by Gasteiger charge is -2.23. The summed E-state index contributed by atoms with van der Waals surface area (Å²) in [5.41, 5.74) is 2.21. The molecule has 1 aromatic rings. The largest absolute Gasteiger partial charge is 0.345 e. The lowest BCUT2D eigenvalue weighted by molar-refractivity contribution is -0.131. The fourth-order valence-corrected chi connectivity index (χ4v) is 3.43. The van der Waals surface area contributed by atoms with Gasteiger partial charge in [0.05, 0.1) is 0 Å². The Morgan fingerprint density at radius 3 is 2.62 bits per heavy atom. The van der Waals surface area contributed by atoms with Crippen molar-refractivity contribution in [2.24, 2.45) is 5.92 Å². The number of aromatic nitrogens is 2. The molecule has 6 heteroatoms. The third-order valence-corrected chi connectivity index (χ3v) is 4.61. The summed E-state index contributed by atoms with van der Waals surface area (Å²) in [4.78, 5) is 35.0.